The average molecular weight is 422 g/mol. The largest absolute Gasteiger partial charge is 0.350 e. The second kappa shape index (κ2) is 7.45. The Hall–Kier alpha value is -2.06. The van der Waals surface area contributed by atoms with E-state index in [1.165, 1.54) is 16.2 Å². The molecule has 0 saturated carbocycles. The van der Waals surface area contributed by atoms with Crippen LogP contribution in [0.15, 0.2) is 28.1 Å². The van der Waals surface area contributed by atoms with Crippen molar-refractivity contribution in [2.45, 2.75) is 26.3 Å². The Balaban J connectivity index is 1.48. The molecule has 8 heteroatoms. The summed E-state index contributed by atoms with van der Waals surface area (Å²) in [5.74, 6) is -0.726. The van der Waals surface area contributed by atoms with Crippen molar-refractivity contribution < 1.29 is 14.4 Å². The molecule has 0 fully saturated rings. The van der Waals surface area contributed by atoms with Crippen LogP contribution in [0, 0.1) is 6.92 Å². The zero-order valence-electron chi connectivity index (χ0n) is 13.5. The number of hydrogen-bond donors (Lipinski definition) is 1. The quantitative estimate of drug-likeness (QED) is 0.727. The predicted octanol–water partition coefficient (Wildman–Crippen LogP) is 2.91. The molecule has 3 rings (SSSR count). The number of carbonyl (C=O) groups excluding carboxylic acids is 3. The number of amides is 3. The number of nitrogens with zero attached hydrogens (tertiary/aromatic N) is 2. The van der Waals surface area contributed by atoms with Gasteiger partial charge in [0.25, 0.3) is 11.8 Å². The third-order valence-electron chi connectivity index (χ3n) is 3.85. The number of nitrogens with one attached hydrogen (secondary N) is 1. The molecule has 25 heavy (non-hydrogen) atoms. The Labute approximate surface area is 157 Å². The van der Waals surface area contributed by atoms with Crippen LogP contribution in [0.25, 0.3) is 0 Å². The second-order valence-corrected chi connectivity index (χ2v) is 7.67. The Morgan fingerprint density at radius 3 is 2.76 bits per heavy atom. The van der Waals surface area contributed by atoms with E-state index in [-0.39, 0.29) is 30.7 Å². The van der Waals surface area contributed by atoms with Gasteiger partial charge in [-0.25, -0.2) is 4.98 Å². The summed E-state index contributed by atoms with van der Waals surface area (Å²) < 4.78 is 0.755. The van der Waals surface area contributed by atoms with Gasteiger partial charge >= 0.3 is 0 Å². The van der Waals surface area contributed by atoms with Crippen LogP contribution in [-0.4, -0.2) is 34.2 Å². The van der Waals surface area contributed by atoms with Crippen LogP contribution >= 0.6 is 27.3 Å². The summed E-state index contributed by atoms with van der Waals surface area (Å²) in [4.78, 5) is 42.0. The van der Waals surface area contributed by atoms with Crippen LogP contribution in [0.5, 0.6) is 0 Å². The van der Waals surface area contributed by atoms with Gasteiger partial charge < -0.3 is 5.32 Å². The number of hydrogen-bond acceptors (Lipinski definition) is 5. The van der Waals surface area contributed by atoms with Gasteiger partial charge in [0.15, 0.2) is 0 Å². The summed E-state index contributed by atoms with van der Waals surface area (Å²) >= 11 is 4.84. The highest BCUT2D eigenvalue weighted by molar-refractivity contribution is 9.10. The number of halogens is 1. The zero-order valence-corrected chi connectivity index (χ0v) is 15.9. The molecular weight excluding hydrogens is 406 g/mol. The minimum atomic E-state index is -0.306. The molecular formula is C17H16BrN3O3S. The fourth-order valence-electron chi connectivity index (χ4n) is 2.63. The van der Waals surface area contributed by atoms with Crippen LogP contribution in [-0.2, 0) is 11.3 Å². The van der Waals surface area contributed by atoms with Gasteiger partial charge in [-0.3, -0.25) is 19.3 Å². The fraction of sp³-hybridized carbons (Fsp3) is 0.294. The number of rotatable bonds is 6. The van der Waals surface area contributed by atoms with E-state index in [9.17, 15) is 14.4 Å². The topological polar surface area (TPSA) is 79.4 Å². The van der Waals surface area contributed by atoms with Gasteiger partial charge in [0.2, 0.25) is 5.91 Å². The van der Waals surface area contributed by atoms with Crippen molar-refractivity contribution in [2.75, 3.05) is 6.54 Å². The van der Waals surface area contributed by atoms with Gasteiger partial charge in [-0.2, -0.15) is 0 Å². The molecule has 1 aromatic carbocycles. The lowest BCUT2D eigenvalue weighted by molar-refractivity contribution is -0.121. The molecule has 2 aromatic rings. The molecule has 2 heterocycles. The normalized spacial score (nSPS) is 13.3. The zero-order chi connectivity index (χ0) is 18.0. The Bertz CT molecular complexity index is 849. The maximum absolute atomic E-state index is 12.3. The van der Waals surface area contributed by atoms with E-state index in [4.69, 9.17) is 0 Å². The van der Waals surface area contributed by atoms with Crippen LogP contribution in [0.2, 0.25) is 0 Å². The summed E-state index contributed by atoms with van der Waals surface area (Å²) in [5.41, 5.74) is 1.65. The van der Waals surface area contributed by atoms with Crippen molar-refractivity contribution in [2.24, 2.45) is 0 Å². The van der Waals surface area contributed by atoms with E-state index in [0.29, 0.717) is 24.1 Å². The Morgan fingerprint density at radius 1 is 1.28 bits per heavy atom. The van der Waals surface area contributed by atoms with E-state index in [0.717, 1.165) is 15.2 Å². The second-order valence-electron chi connectivity index (χ2n) is 5.69. The number of benzene rings is 1. The van der Waals surface area contributed by atoms with Gasteiger partial charge in [0.1, 0.15) is 0 Å². The van der Waals surface area contributed by atoms with E-state index >= 15 is 0 Å². The van der Waals surface area contributed by atoms with Gasteiger partial charge in [0, 0.05) is 22.8 Å². The van der Waals surface area contributed by atoms with Gasteiger partial charge in [-0.05, 0) is 31.5 Å². The third-order valence-corrected chi connectivity index (χ3v) is 5.17. The molecule has 3 amide bonds. The number of aryl methyl sites for hydroxylation is 1. The summed E-state index contributed by atoms with van der Waals surface area (Å²) in [6.07, 6.45) is 0.675. The summed E-state index contributed by atoms with van der Waals surface area (Å²) in [6.45, 7) is 2.54. The predicted molar refractivity (Wildman–Crippen MR) is 97.4 cm³/mol. The molecule has 0 atom stereocenters. The third kappa shape index (κ3) is 3.96. The monoisotopic (exact) mass is 421 g/mol. The van der Waals surface area contributed by atoms with Crippen molar-refractivity contribution in [3.8, 4) is 0 Å². The van der Waals surface area contributed by atoms with Crippen LogP contribution in [0.1, 0.15) is 44.3 Å². The first kappa shape index (κ1) is 17.8. The first-order chi connectivity index (χ1) is 12.0. The minimum Gasteiger partial charge on any atom is -0.350 e. The van der Waals surface area contributed by atoms with Gasteiger partial charge in [-0.1, -0.05) is 15.9 Å². The number of thiazole rings is 1. The first-order valence-corrected chi connectivity index (χ1v) is 9.46. The molecule has 0 saturated heterocycles. The van der Waals surface area contributed by atoms with E-state index in [1.54, 1.807) is 18.2 Å². The molecule has 1 aromatic heterocycles. The molecule has 130 valence electrons. The SMILES string of the molecule is Cc1nc(CNC(=O)CCCN2C(=O)c3ccc(Br)cc3C2=O)cs1. The molecule has 1 N–H and O–H groups in total. The maximum Gasteiger partial charge on any atom is 0.261 e. The first-order valence-electron chi connectivity index (χ1n) is 7.79. The lowest BCUT2D eigenvalue weighted by Gasteiger charge is -2.13. The Kier molecular flexibility index (Phi) is 5.29. The fourth-order valence-corrected chi connectivity index (χ4v) is 3.60. The van der Waals surface area contributed by atoms with E-state index in [1.807, 2.05) is 12.3 Å². The standard InChI is InChI=1S/C17H16BrN3O3S/c1-10-20-12(9-25-10)8-19-15(22)3-2-6-21-16(23)13-5-4-11(18)7-14(13)17(21)24/h4-5,7,9H,2-3,6,8H2,1H3,(H,19,22). The summed E-state index contributed by atoms with van der Waals surface area (Å²) in [6, 6.07) is 5.03. The lowest BCUT2D eigenvalue weighted by Crippen LogP contribution is -2.32. The highest BCUT2D eigenvalue weighted by atomic mass is 79.9. The number of carbonyl (C=O) groups is 3. The summed E-state index contributed by atoms with van der Waals surface area (Å²) in [5, 5.41) is 5.66. The minimum absolute atomic E-state index is 0.120. The molecule has 1 aliphatic rings. The molecule has 6 nitrogen and oxygen atoms in total. The average Bonchev–Trinajstić information content (AvgIpc) is 3.09. The number of imide groups is 1. The highest BCUT2D eigenvalue weighted by Crippen LogP contribution is 2.26. The van der Waals surface area contributed by atoms with Gasteiger partial charge in [0.05, 0.1) is 28.4 Å². The van der Waals surface area contributed by atoms with Crippen molar-refractivity contribution in [3.63, 3.8) is 0 Å². The van der Waals surface area contributed by atoms with E-state index in [2.05, 4.69) is 26.2 Å². The molecule has 0 radical (unpaired) electrons. The maximum atomic E-state index is 12.3. The summed E-state index contributed by atoms with van der Waals surface area (Å²) in [7, 11) is 0. The van der Waals surface area contributed by atoms with Crippen LogP contribution < -0.4 is 5.32 Å². The molecule has 1 aliphatic heterocycles. The molecule has 0 unspecified atom stereocenters. The van der Waals surface area contributed by atoms with Crippen molar-refractivity contribution in [3.05, 3.63) is 49.9 Å². The Morgan fingerprint density at radius 2 is 2.04 bits per heavy atom. The van der Waals surface area contributed by atoms with Crippen LogP contribution in [0.4, 0.5) is 0 Å². The van der Waals surface area contributed by atoms with Gasteiger partial charge in [-0.15, -0.1) is 11.3 Å². The number of aromatic nitrogens is 1. The van der Waals surface area contributed by atoms with Crippen molar-refractivity contribution in [1.82, 2.24) is 15.2 Å². The smallest absolute Gasteiger partial charge is 0.261 e. The lowest BCUT2D eigenvalue weighted by atomic mass is 10.1. The molecule has 0 spiro atoms. The molecule has 0 bridgehead atoms. The number of fused-ring (bicyclic) bond motifs is 1. The van der Waals surface area contributed by atoms with Crippen molar-refractivity contribution in [1.29, 1.82) is 0 Å². The molecule has 0 aliphatic carbocycles. The van der Waals surface area contributed by atoms with Crippen molar-refractivity contribution >= 4 is 45.0 Å². The van der Waals surface area contributed by atoms with E-state index < -0.39 is 0 Å². The van der Waals surface area contributed by atoms with Crippen LogP contribution in [0.3, 0.4) is 0 Å². The highest BCUT2D eigenvalue weighted by Gasteiger charge is 2.35.